The van der Waals surface area contributed by atoms with E-state index in [2.05, 4.69) is 5.32 Å². The van der Waals surface area contributed by atoms with E-state index in [1.165, 1.54) is 4.90 Å². The predicted octanol–water partition coefficient (Wildman–Crippen LogP) is -0.399. The van der Waals surface area contributed by atoms with Gasteiger partial charge in [0, 0.05) is 20.1 Å². The van der Waals surface area contributed by atoms with Gasteiger partial charge in [0.15, 0.2) is 0 Å². The van der Waals surface area contributed by atoms with Crippen molar-refractivity contribution in [1.29, 1.82) is 0 Å². The zero-order valence-electron chi connectivity index (χ0n) is 7.68. The van der Waals surface area contributed by atoms with Gasteiger partial charge in [0.1, 0.15) is 0 Å². The zero-order chi connectivity index (χ0) is 9.35. The van der Waals surface area contributed by atoms with Gasteiger partial charge in [-0.15, -0.1) is 0 Å². The Bertz CT molecular complexity index is 223. The minimum Gasteiger partial charge on any atom is -0.347 e. The average Bonchev–Trinajstić information content (AvgIpc) is 2.03. The number of carbonyl (C=O) groups excluding carboxylic acids is 2. The van der Waals surface area contributed by atoms with Gasteiger partial charge in [-0.25, -0.2) is 0 Å². The van der Waals surface area contributed by atoms with E-state index in [9.17, 15) is 9.59 Å². The van der Waals surface area contributed by atoms with Crippen LogP contribution in [0.2, 0.25) is 0 Å². The second kappa shape index (κ2) is 2.77. The monoisotopic (exact) mass is 170 g/mol. The summed E-state index contributed by atoms with van der Waals surface area (Å²) in [6.07, 6.45) is 0. The number of nitrogens with zero attached hydrogens (tertiary/aromatic N) is 1. The van der Waals surface area contributed by atoms with Crippen LogP contribution >= 0.6 is 0 Å². The molecule has 0 saturated carbocycles. The second-order valence-corrected chi connectivity index (χ2v) is 4.01. The fourth-order valence-corrected chi connectivity index (χ4v) is 1.34. The molecule has 1 fully saturated rings. The van der Waals surface area contributed by atoms with Crippen LogP contribution in [0.25, 0.3) is 0 Å². The molecule has 12 heavy (non-hydrogen) atoms. The molecule has 0 aromatic carbocycles. The van der Waals surface area contributed by atoms with Crippen LogP contribution in [0.15, 0.2) is 0 Å². The summed E-state index contributed by atoms with van der Waals surface area (Å²) < 4.78 is 0. The second-order valence-electron chi connectivity index (χ2n) is 4.01. The molecule has 1 saturated heterocycles. The summed E-state index contributed by atoms with van der Waals surface area (Å²) in [4.78, 5) is 23.6. The Labute approximate surface area is 71.9 Å². The minimum absolute atomic E-state index is 0.0312. The normalized spacial score (nSPS) is 23.4. The van der Waals surface area contributed by atoms with Crippen molar-refractivity contribution in [2.45, 2.75) is 13.8 Å². The summed E-state index contributed by atoms with van der Waals surface area (Å²) in [5.41, 5.74) is -0.0312. The van der Waals surface area contributed by atoms with E-state index >= 15 is 0 Å². The predicted molar refractivity (Wildman–Crippen MR) is 44.4 cm³/mol. The van der Waals surface area contributed by atoms with Crippen molar-refractivity contribution < 1.29 is 9.59 Å². The van der Waals surface area contributed by atoms with Crippen LogP contribution in [0.5, 0.6) is 0 Å². The highest BCUT2D eigenvalue weighted by atomic mass is 16.2. The van der Waals surface area contributed by atoms with Crippen LogP contribution in [0.3, 0.4) is 0 Å². The van der Waals surface area contributed by atoms with Crippen LogP contribution in [0.1, 0.15) is 13.8 Å². The number of hydrogen-bond donors (Lipinski definition) is 1. The maximum Gasteiger partial charge on any atom is 0.311 e. The van der Waals surface area contributed by atoms with Crippen LogP contribution < -0.4 is 5.32 Å². The molecule has 0 aromatic heterocycles. The van der Waals surface area contributed by atoms with Crippen molar-refractivity contribution in [2.24, 2.45) is 5.41 Å². The maximum atomic E-state index is 11.1. The van der Waals surface area contributed by atoms with Crippen molar-refractivity contribution in [3.8, 4) is 0 Å². The number of rotatable bonds is 0. The summed E-state index contributed by atoms with van der Waals surface area (Å²) in [7, 11) is 1.65. The largest absolute Gasteiger partial charge is 0.347 e. The van der Waals surface area contributed by atoms with Gasteiger partial charge >= 0.3 is 11.8 Å². The van der Waals surface area contributed by atoms with E-state index in [1.54, 1.807) is 7.05 Å². The zero-order valence-corrected chi connectivity index (χ0v) is 7.68. The molecule has 2 amide bonds. The van der Waals surface area contributed by atoms with Gasteiger partial charge in [0.2, 0.25) is 0 Å². The van der Waals surface area contributed by atoms with E-state index in [4.69, 9.17) is 0 Å². The molecule has 1 N–H and O–H groups in total. The highest BCUT2D eigenvalue weighted by Gasteiger charge is 2.30. The molecular weight excluding hydrogens is 156 g/mol. The maximum absolute atomic E-state index is 11.1. The Hall–Kier alpha value is -1.06. The first-order valence-corrected chi connectivity index (χ1v) is 3.96. The summed E-state index contributed by atoms with van der Waals surface area (Å²) in [5.74, 6) is -0.941. The fraction of sp³-hybridized carbons (Fsp3) is 0.750. The van der Waals surface area contributed by atoms with Crippen molar-refractivity contribution in [3.05, 3.63) is 0 Å². The Kier molecular flexibility index (Phi) is 2.08. The topological polar surface area (TPSA) is 49.4 Å². The lowest BCUT2D eigenvalue weighted by Gasteiger charge is -2.25. The van der Waals surface area contributed by atoms with Gasteiger partial charge in [-0.1, -0.05) is 13.8 Å². The molecule has 4 heteroatoms. The van der Waals surface area contributed by atoms with Crippen LogP contribution in [-0.2, 0) is 9.59 Å². The van der Waals surface area contributed by atoms with Gasteiger partial charge in [-0.3, -0.25) is 9.59 Å². The number of carbonyl (C=O) groups is 2. The third-order valence-electron chi connectivity index (χ3n) is 1.93. The van der Waals surface area contributed by atoms with Crippen LogP contribution in [0, 0.1) is 5.41 Å². The van der Waals surface area contributed by atoms with E-state index in [-0.39, 0.29) is 5.41 Å². The SMILES string of the molecule is CN1CC(C)(C)CNC(=O)C1=O. The van der Waals surface area contributed by atoms with Gasteiger partial charge < -0.3 is 10.2 Å². The first-order valence-electron chi connectivity index (χ1n) is 3.96. The lowest BCUT2D eigenvalue weighted by Crippen LogP contribution is -2.37. The average molecular weight is 170 g/mol. The summed E-state index contributed by atoms with van der Waals surface area (Å²) in [6, 6.07) is 0. The Morgan fingerprint density at radius 2 is 2.00 bits per heavy atom. The summed E-state index contributed by atoms with van der Waals surface area (Å²) in [5, 5.41) is 2.58. The van der Waals surface area contributed by atoms with Crippen molar-refractivity contribution in [1.82, 2.24) is 10.2 Å². The Morgan fingerprint density at radius 1 is 1.42 bits per heavy atom. The first kappa shape index (κ1) is 9.03. The Balaban J connectivity index is 2.80. The van der Waals surface area contributed by atoms with Gasteiger partial charge in [0.25, 0.3) is 0 Å². The molecule has 0 bridgehead atoms. The first-order chi connectivity index (χ1) is 5.42. The molecule has 0 aliphatic carbocycles. The standard InChI is InChI=1S/C8H14N2O2/c1-8(2)4-9-6(11)7(12)10(3)5-8/h4-5H2,1-3H3,(H,9,11). The fourth-order valence-electron chi connectivity index (χ4n) is 1.34. The lowest BCUT2D eigenvalue weighted by atomic mass is 9.93. The molecular formula is C8H14N2O2. The molecule has 1 heterocycles. The van der Waals surface area contributed by atoms with Crippen LogP contribution in [-0.4, -0.2) is 36.9 Å². The quantitative estimate of drug-likeness (QED) is 0.503. The van der Waals surface area contributed by atoms with Crippen molar-refractivity contribution in [3.63, 3.8) is 0 Å². The van der Waals surface area contributed by atoms with E-state index in [1.807, 2.05) is 13.8 Å². The van der Waals surface area contributed by atoms with Gasteiger partial charge in [0.05, 0.1) is 0 Å². The summed E-state index contributed by atoms with van der Waals surface area (Å²) >= 11 is 0. The van der Waals surface area contributed by atoms with Crippen molar-refractivity contribution >= 4 is 11.8 Å². The molecule has 4 nitrogen and oxygen atoms in total. The Morgan fingerprint density at radius 3 is 2.58 bits per heavy atom. The smallest absolute Gasteiger partial charge is 0.311 e. The van der Waals surface area contributed by atoms with Gasteiger partial charge in [-0.2, -0.15) is 0 Å². The van der Waals surface area contributed by atoms with Crippen LogP contribution in [0.4, 0.5) is 0 Å². The third-order valence-corrected chi connectivity index (χ3v) is 1.93. The number of nitrogens with one attached hydrogen (secondary N) is 1. The molecule has 68 valence electrons. The highest BCUT2D eigenvalue weighted by molar-refractivity contribution is 6.35. The lowest BCUT2D eigenvalue weighted by molar-refractivity contribution is -0.144. The summed E-state index contributed by atoms with van der Waals surface area (Å²) in [6.45, 7) is 5.21. The van der Waals surface area contributed by atoms with E-state index in [0.29, 0.717) is 13.1 Å². The highest BCUT2D eigenvalue weighted by Crippen LogP contribution is 2.16. The molecule has 1 rings (SSSR count). The molecule has 1 aliphatic heterocycles. The number of amides is 2. The number of likely N-dealkylation sites (N-methyl/N-ethyl adjacent to an activating group) is 1. The molecule has 1 aliphatic rings. The van der Waals surface area contributed by atoms with Gasteiger partial charge in [-0.05, 0) is 5.41 Å². The molecule has 0 radical (unpaired) electrons. The molecule has 0 atom stereocenters. The molecule has 0 spiro atoms. The molecule has 0 unspecified atom stereocenters. The van der Waals surface area contributed by atoms with E-state index < -0.39 is 11.8 Å². The minimum atomic E-state index is -0.497. The number of hydrogen-bond acceptors (Lipinski definition) is 2. The third kappa shape index (κ3) is 1.75. The van der Waals surface area contributed by atoms with Crippen molar-refractivity contribution in [2.75, 3.05) is 20.1 Å². The van der Waals surface area contributed by atoms with E-state index in [0.717, 1.165) is 0 Å². The molecule has 0 aromatic rings.